The normalized spacial score (nSPS) is 10.1. The van der Waals surface area contributed by atoms with Crippen LogP contribution in [0.25, 0.3) is 0 Å². The predicted molar refractivity (Wildman–Crippen MR) is 62.8 cm³/mol. The summed E-state index contributed by atoms with van der Waals surface area (Å²) in [4.78, 5) is 3.92. The zero-order valence-electron chi connectivity index (χ0n) is 8.15. The number of nitrogens with two attached hydrogens (primary N) is 1. The lowest BCUT2D eigenvalue weighted by molar-refractivity contribution is 0.427. The number of anilines is 1. The molecule has 0 aliphatic rings. The number of nitrogen functional groups attached to an aromatic ring is 1. The molecule has 0 saturated carbocycles. The van der Waals surface area contributed by atoms with Crippen LogP contribution in [0.3, 0.4) is 0 Å². The number of nitrogens with zero attached hydrogens (tertiary/aromatic N) is 1. The van der Waals surface area contributed by atoms with Gasteiger partial charge in [-0.25, -0.2) is 9.37 Å². The molecule has 0 atom stereocenters. The van der Waals surface area contributed by atoms with Crippen LogP contribution in [0.1, 0.15) is 0 Å². The highest BCUT2D eigenvalue weighted by atomic mass is 79.9. The predicted octanol–water partition coefficient (Wildman–Crippen LogP) is 3.36. The molecule has 0 radical (unpaired) electrons. The Morgan fingerprint density at radius 2 is 2.06 bits per heavy atom. The fraction of sp³-hybridized carbons (Fsp3) is 0. The molecular weight excluding hydrogens is 275 g/mol. The molecule has 0 bridgehead atoms. The molecule has 2 aromatic rings. The van der Waals surface area contributed by atoms with E-state index in [1.54, 1.807) is 18.2 Å². The third-order valence-corrected chi connectivity index (χ3v) is 2.36. The van der Waals surface area contributed by atoms with E-state index in [0.717, 1.165) is 4.47 Å². The maximum absolute atomic E-state index is 13.3. The average molecular weight is 283 g/mol. The van der Waals surface area contributed by atoms with Crippen molar-refractivity contribution in [2.75, 3.05) is 5.73 Å². The number of halogens is 2. The summed E-state index contributed by atoms with van der Waals surface area (Å²) in [6.45, 7) is 0. The number of rotatable bonds is 2. The summed E-state index contributed by atoms with van der Waals surface area (Å²) in [7, 11) is 0. The number of hydrogen-bond acceptors (Lipinski definition) is 3. The van der Waals surface area contributed by atoms with Crippen LogP contribution in [0.5, 0.6) is 11.6 Å². The van der Waals surface area contributed by atoms with Gasteiger partial charge in [-0.1, -0.05) is 15.9 Å². The molecule has 3 nitrogen and oxygen atoms in total. The summed E-state index contributed by atoms with van der Waals surface area (Å²) in [6, 6.07) is 7.66. The highest BCUT2D eigenvalue weighted by Crippen LogP contribution is 2.26. The van der Waals surface area contributed by atoms with Crippen molar-refractivity contribution in [3.63, 3.8) is 0 Å². The topological polar surface area (TPSA) is 48.1 Å². The van der Waals surface area contributed by atoms with Crippen molar-refractivity contribution in [1.82, 2.24) is 4.98 Å². The minimum absolute atomic E-state index is 0.117. The lowest BCUT2D eigenvalue weighted by Gasteiger charge is -2.06. The SMILES string of the molecule is Nc1ccc(Oc2cc(Br)ccc2F)nc1. The second-order valence-corrected chi connectivity index (χ2v) is 4.02. The van der Waals surface area contributed by atoms with Crippen molar-refractivity contribution < 1.29 is 9.13 Å². The molecule has 2 N–H and O–H groups in total. The van der Waals surface area contributed by atoms with E-state index in [1.165, 1.54) is 18.3 Å². The molecule has 0 spiro atoms. The molecule has 16 heavy (non-hydrogen) atoms. The number of pyridine rings is 1. The Labute approximate surface area is 100 Å². The standard InChI is InChI=1S/C11H8BrFN2O/c12-7-1-3-9(13)10(5-7)16-11-4-2-8(14)6-15-11/h1-6H,14H2. The van der Waals surface area contributed by atoms with Crippen LogP contribution < -0.4 is 10.5 Å². The van der Waals surface area contributed by atoms with Crippen molar-refractivity contribution >= 4 is 21.6 Å². The second kappa shape index (κ2) is 4.49. The van der Waals surface area contributed by atoms with E-state index < -0.39 is 5.82 Å². The maximum Gasteiger partial charge on any atom is 0.219 e. The third kappa shape index (κ3) is 2.49. The van der Waals surface area contributed by atoms with Gasteiger partial charge in [0.15, 0.2) is 11.6 Å². The van der Waals surface area contributed by atoms with Gasteiger partial charge in [0.25, 0.3) is 0 Å². The third-order valence-electron chi connectivity index (χ3n) is 1.87. The minimum Gasteiger partial charge on any atom is -0.436 e. The van der Waals surface area contributed by atoms with Crippen molar-refractivity contribution in [3.8, 4) is 11.6 Å². The summed E-state index contributed by atoms with van der Waals surface area (Å²) >= 11 is 3.23. The van der Waals surface area contributed by atoms with Crippen LogP contribution in [-0.4, -0.2) is 4.98 Å². The Morgan fingerprint density at radius 3 is 2.75 bits per heavy atom. The average Bonchev–Trinajstić information content (AvgIpc) is 2.27. The van der Waals surface area contributed by atoms with Crippen LogP contribution in [0.4, 0.5) is 10.1 Å². The van der Waals surface area contributed by atoms with Gasteiger partial charge in [0.05, 0.1) is 11.9 Å². The van der Waals surface area contributed by atoms with Gasteiger partial charge in [0, 0.05) is 10.5 Å². The summed E-state index contributed by atoms with van der Waals surface area (Å²) in [6.07, 6.45) is 1.45. The highest BCUT2D eigenvalue weighted by Gasteiger charge is 2.05. The molecule has 0 fully saturated rings. The molecule has 82 valence electrons. The van der Waals surface area contributed by atoms with Crippen LogP contribution in [-0.2, 0) is 0 Å². The van der Waals surface area contributed by atoms with Gasteiger partial charge >= 0.3 is 0 Å². The first-order chi connectivity index (χ1) is 7.65. The van der Waals surface area contributed by atoms with E-state index >= 15 is 0 Å². The molecule has 1 aromatic carbocycles. The van der Waals surface area contributed by atoms with Crippen LogP contribution in [0, 0.1) is 5.82 Å². The van der Waals surface area contributed by atoms with Crippen molar-refractivity contribution in [3.05, 3.63) is 46.8 Å². The fourth-order valence-corrected chi connectivity index (χ4v) is 1.46. The molecule has 0 unspecified atom stereocenters. The van der Waals surface area contributed by atoms with Crippen molar-refractivity contribution in [1.29, 1.82) is 0 Å². The maximum atomic E-state index is 13.3. The van der Waals surface area contributed by atoms with Gasteiger partial charge < -0.3 is 10.5 Å². The van der Waals surface area contributed by atoms with Crippen molar-refractivity contribution in [2.24, 2.45) is 0 Å². The summed E-state index contributed by atoms with van der Waals surface area (Å²) < 4.78 is 19.3. The first-order valence-electron chi connectivity index (χ1n) is 4.49. The van der Waals surface area contributed by atoms with Gasteiger partial charge in [0.1, 0.15) is 0 Å². The van der Waals surface area contributed by atoms with E-state index in [9.17, 15) is 4.39 Å². The molecule has 1 aromatic heterocycles. The molecule has 2 rings (SSSR count). The molecule has 1 heterocycles. The minimum atomic E-state index is -0.443. The first-order valence-corrected chi connectivity index (χ1v) is 5.29. The second-order valence-electron chi connectivity index (χ2n) is 3.11. The van der Waals surface area contributed by atoms with Gasteiger partial charge in [-0.3, -0.25) is 0 Å². The quantitative estimate of drug-likeness (QED) is 0.919. The van der Waals surface area contributed by atoms with Crippen LogP contribution >= 0.6 is 15.9 Å². The van der Waals surface area contributed by atoms with E-state index in [4.69, 9.17) is 10.5 Å². The molecule has 0 aliphatic heterocycles. The Kier molecular flexibility index (Phi) is 3.05. The lowest BCUT2D eigenvalue weighted by Crippen LogP contribution is -1.92. The van der Waals surface area contributed by atoms with Gasteiger partial charge in [-0.2, -0.15) is 0 Å². The van der Waals surface area contributed by atoms with E-state index in [2.05, 4.69) is 20.9 Å². The smallest absolute Gasteiger partial charge is 0.219 e. The van der Waals surface area contributed by atoms with Crippen molar-refractivity contribution in [2.45, 2.75) is 0 Å². The number of benzene rings is 1. The highest BCUT2D eigenvalue weighted by molar-refractivity contribution is 9.10. The van der Waals surface area contributed by atoms with E-state index in [-0.39, 0.29) is 5.75 Å². The largest absolute Gasteiger partial charge is 0.436 e. The number of ether oxygens (including phenoxy) is 1. The zero-order chi connectivity index (χ0) is 11.5. The lowest BCUT2D eigenvalue weighted by atomic mass is 10.3. The summed E-state index contributed by atoms with van der Waals surface area (Å²) in [5.74, 6) is -0.0281. The summed E-state index contributed by atoms with van der Waals surface area (Å²) in [5, 5.41) is 0. The Bertz CT molecular complexity index is 502. The summed E-state index contributed by atoms with van der Waals surface area (Å²) in [5.41, 5.74) is 6.00. The monoisotopic (exact) mass is 282 g/mol. The molecular formula is C11H8BrFN2O. The Balaban J connectivity index is 2.26. The first kappa shape index (κ1) is 10.9. The van der Waals surface area contributed by atoms with E-state index in [0.29, 0.717) is 11.6 Å². The number of aromatic nitrogens is 1. The van der Waals surface area contributed by atoms with Crippen LogP contribution in [0.15, 0.2) is 41.0 Å². The fourth-order valence-electron chi connectivity index (χ4n) is 1.12. The Morgan fingerprint density at radius 1 is 1.25 bits per heavy atom. The zero-order valence-corrected chi connectivity index (χ0v) is 9.74. The molecule has 5 heteroatoms. The Hall–Kier alpha value is -1.62. The van der Waals surface area contributed by atoms with Crippen LogP contribution in [0.2, 0.25) is 0 Å². The van der Waals surface area contributed by atoms with E-state index in [1.807, 2.05) is 0 Å². The van der Waals surface area contributed by atoms with Gasteiger partial charge in [-0.15, -0.1) is 0 Å². The molecule has 0 saturated heterocycles. The molecule has 0 aliphatic carbocycles. The van der Waals surface area contributed by atoms with Gasteiger partial charge in [0.2, 0.25) is 5.88 Å². The van der Waals surface area contributed by atoms with Gasteiger partial charge in [-0.05, 0) is 24.3 Å². The molecule has 0 amide bonds. The number of hydrogen-bond donors (Lipinski definition) is 1.